The van der Waals surface area contributed by atoms with Gasteiger partial charge < -0.3 is 25.6 Å². The molecule has 0 amide bonds. The van der Waals surface area contributed by atoms with Crippen LogP contribution in [0, 0.1) is 0 Å². The molecule has 150 valence electrons. The molecule has 0 bridgehead atoms. The van der Waals surface area contributed by atoms with Gasteiger partial charge in [0.2, 0.25) is 11.9 Å². The van der Waals surface area contributed by atoms with E-state index in [1.54, 1.807) is 7.11 Å². The average Bonchev–Trinajstić information content (AvgIpc) is 2.74. The summed E-state index contributed by atoms with van der Waals surface area (Å²) in [5.74, 6) is 2.33. The Balaban J connectivity index is 1.39. The molecular formula is C21H26N7O+. The van der Waals surface area contributed by atoms with E-state index in [1.165, 1.54) is 4.90 Å². The van der Waals surface area contributed by atoms with Crippen molar-refractivity contribution in [3.63, 3.8) is 0 Å². The molecule has 0 saturated carbocycles. The first-order chi connectivity index (χ1) is 14.2. The average molecular weight is 392 g/mol. The summed E-state index contributed by atoms with van der Waals surface area (Å²) in [5, 5.41) is 3.19. The lowest BCUT2D eigenvalue weighted by Crippen LogP contribution is -3.13. The molecule has 1 aliphatic heterocycles. The second kappa shape index (κ2) is 8.74. The van der Waals surface area contributed by atoms with Crippen molar-refractivity contribution in [1.29, 1.82) is 0 Å². The van der Waals surface area contributed by atoms with Crippen molar-refractivity contribution in [2.75, 3.05) is 49.2 Å². The van der Waals surface area contributed by atoms with E-state index in [-0.39, 0.29) is 5.95 Å². The van der Waals surface area contributed by atoms with Crippen molar-refractivity contribution in [3.8, 4) is 5.75 Å². The van der Waals surface area contributed by atoms with Gasteiger partial charge in [-0.1, -0.05) is 30.3 Å². The van der Waals surface area contributed by atoms with E-state index in [1.807, 2.05) is 48.5 Å². The van der Waals surface area contributed by atoms with E-state index in [2.05, 4.69) is 31.2 Å². The molecule has 3 aromatic rings. The molecule has 2 aromatic carbocycles. The van der Waals surface area contributed by atoms with Crippen LogP contribution in [0.15, 0.2) is 54.6 Å². The molecule has 0 aliphatic carbocycles. The fraction of sp³-hybridized carbons (Fsp3) is 0.286. The third-order valence-electron chi connectivity index (χ3n) is 5.03. The first-order valence-corrected chi connectivity index (χ1v) is 9.75. The zero-order valence-corrected chi connectivity index (χ0v) is 16.5. The number of aromatic nitrogens is 3. The predicted molar refractivity (Wildman–Crippen MR) is 114 cm³/mol. The van der Waals surface area contributed by atoms with Gasteiger partial charge in [-0.3, -0.25) is 0 Å². The number of benzene rings is 2. The second-order valence-electron chi connectivity index (χ2n) is 7.01. The standard InChI is InChI=1S/C21H25N7O/c1-29-18-10-6-5-9-17(18)28-13-11-27(12-14-28)15-19-24-20(22)26-21(25-19)23-16-7-3-2-4-8-16/h2-10H,11-15H2,1H3,(H3,22,23,24,25,26)/p+1. The van der Waals surface area contributed by atoms with Gasteiger partial charge in [0.15, 0.2) is 5.82 Å². The number of ether oxygens (including phenoxy) is 1. The molecule has 1 aromatic heterocycles. The Morgan fingerprint density at radius 3 is 2.48 bits per heavy atom. The predicted octanol–water partition coefficient (Wildman–Crippen LogP) is 1.11. The maximum Gasteiger partial charge on any atom is 0.232 e. The summed E-state index contributed by atoms with van der Waals surface area (Å²) >= 11 is 0. The number of nitrogens with one attached hydrogen (secondary N) is 2. The number of rotatable bonds is 6. The number of hydrogen-bond donors (Lipinski definition) is 3. The third kappa shape index (κ3) is 4.72. The number of nitrogens with two attached hydrogens (primary N) is 1. The van der Waals surface area contributed by atoms with Crippen LogP contribution in [0.5, 0.6) is 5.75 Å². The molecule has 8 nitrogen and oxygen atoms in total. The number of para-hydroxylation sites is 3. The molecule has 0 atom stereocenters. The van der Waals surface area contributed by atoms with Gasteiger partial charge in [0.25, 0.3) is 0 Å². The van der Waals surface area contributed by atoms with E-state index < -0.39 is 0 Å². The van der Waals surface area contributed by atoms with Crippen molar-refractivity contribution in [2.45, 2.75) is 6.54 Å². The van der Waals surface area contributed by atoms with Gasteiger partial charge in [-0.05, 0) is 24.3 Å². The second-order valence-corrected chi connectivity index (χ2v) is 7.01. The van der Waals surface area contributed by atoms with E-state index in [0.717, 1.165) is 49.8 Å². The smallest absolute Gasteiger partial charge is 0.232 e. The third-order valence-corrected chi connectivity index (χ3v) is 5.03. The van der Waals surface area contributed by atoms with Crippen molar-refractivity contribution in [3.05, 3.63) is 60.4 Å². The topological polar surface area (TPSA) is 93.6 Å². The van der Waals surface area contributed by atoms with Gasteiger partial charge in [-0.15, -0.1) is 0 Å². The lowest BCUT2D eigenvalue weighted by atomic mass is 10.2. The largest absolute Gasteiger partial charge is 0.495 e. The Labute approximate surface area is 170 Å². The highest BCUT2D eigenvalue weighted by Gasteiger charge is 2.23. The Bertz CT molecular complexity index is 943. The number of hydrogen-bond acceptors (Lipinski definition) is 7. The van der Waals surface area contributed by atoms with Crippen LogP contribution in [0.4, 0.5) is 23.3 Å². The van der Waals surface area contributed by atoms with Gasteiger partial charge in [0.05, 0.1) is 39.0 Å². The molecule has 1 saturated heterocycles. The summed E-state index contributed by atoms with van der Waals surface area (Å²) in [4.78, 5) is 16.9. The highest BCUT2D eigenvalue weighted by molar-refractivity contribution is 5.58. The molecule has 0 unspecified atom stereocenters. The molecule has 2 heterocycles. The number of piperazine rings is 1. The lowest BCUT2D eigenvalue weighted by Gasteiger charge is -2.34. The fourth-order valence-corrected chi connectivity index (χ4v) is 3.58. The van der Waals surface area contributed by atoms with Gasteiger partial charge >= 0.3 is 0 Å². The quantitative estimate of drug-likeness (QED) is 0.579. The number of nitrogens with zero attached hydrogens (tertiary/aromatic N) is 4. The summed E-state index contributed by atoms with van der Waals surface area (Å²) in [6.45, 7) is 4.60. The van der Waals surface area contributed by atoms with Gasteiger partial charge in [0.1, 0.15) is 12.3 Å². The van der Waals surface area contributed by atoms with Crippen LogP contribution < -0.4 is 25.6 Å². The number of anilines is 4. The summed E-state index contributed by atoms with van der Waals surface area (Å²) in [7, 11) is 1.71. The van der Waals surface area contributed by atoms with Crippen molar-refractivity contribution in [1.82, 2.24) is 15.0 Å². The van der Waals surface area contributed by atoms with Crippen molar-refractivity contribution < 1.29 is 9.64 Å². The summed E-state index contributed by atoms with van der Waals surface area (Å²) in [5.41, 5.74) is 7.98. The molecule has 4 N–H and O–H groups in total. The Hall–Kier alpha value is -3.39. The lowest BCUT2D eigenvalue weighted by molar-refractivity contribution is -0.915. The van der Waals surface area contributed by atoms with Gasteiger partial charge in [-0.25, -0.2) is 0 Å². The van der Waals surface area contributed by atoms with Crippen LogP contribution >= 0.6 is 0 Å². The first kappa shape index (κ1) is 18.9. The fourth-order valence-electron chi connectivity index (χ4n) is 3.58. The summed E-state index contributed by atoms with van der Waals surface area (Å²) < 4.78 is 5.50. The Morgan fingerprint density at radius 1 is 1.00 bits per heavy atom. The molecule has 0 radical (unpaired) electrons. The first-order valence-electron chi connectivity index (χ1n) is 9.75. The van der Waals surface area contributed by atoms with Crippen LogP contribution in [-0.4, -0.2) is 48.2 Å². The Kier molecular flexibility index (Phi) is 5.71. The number of methoxy groups -OCH3 is 1. The molecule has 8 heteroatoms. The van der Waals surface area contributed by atoms with Crippen LogP contribution in [0.1, 0.15) is 5.82 Å². The molecule has 0 spiro atoms. The van der Waals surface area contributed by atoms with Crippen molar-refractivity contribution >= 4 is 23.3 Å². The Morgan fingerprint density at radius 2 is 1.72 bits per heavy atom. The zero-order valence-electron chi connectivity index (χ0n) is 16.5. The van der Waals surface area contributed by atoms with Crippen LogP contribution in [0.3, 0.4) is 0 Å². The minimum Gasteiger partial charge on any atom is -0.495 e. The van der Waals surface area contributed by atoms with Crippen molar-refractivity contribution in [2.24, 2.45) is 0 Å². The van der Waals surface area contributed by atoms with Gasteiger partial charge in [-0.2, -0.15) is 15.0 Å². The minimum absolute atomic E-state index is 0.237. The molecule has 1 aliphatic rings. The maximum absolute atomic E-state index is 5.91. The maximum atomic E-state index is 5.91. The molecule has 1 fully saturated rings. The van der Waals surface area contributed by atoms with E-state index >= 15 is 0 Å². The van der Waals surface area contributed by atoms with E-state index in [4.69, 9.17) is 10.5 Å². The number of quaternary nitrogens is 1. The zero-order chi connectivity index (χ0) is 20.1. The highest BCUT2D eigenvalue weighted by Crippen LogP contribution is 2.27. The van der Waals surface area contributed by atoms with Crippen LogP contribution in [-0.2, 0) is 6.54 Å². The highest BCUT2D eigenvalue weighted by atomic mass is 16.5. The van der Waals surface area contributed by atoms with Gasteiger partial charge in [0, 0.05) is 5.69 Å². The molecule has 4 rings (SSSR count). The summed E-state index contributed by atoms with van der Waals surface area (Å²) in [6.07, 6.45) is 0. The minimum atomic E-state index is 0.237. The van der Waals surface area contributed by atoms with E-state index in [9.17, 15) is 0 Å². The normalized spacial score (nSPS) is 14.6. The monoisotopic (exact) mass is 392 g/mol. The molecule has 29 heavy (non-hydrogen) atoms. The summed E-state index contributed by atoms with van der Waals surface area (Å²) in [6, 6.07) is 18.0. The molecular weight excluding hydrogens is 366 g/mol. The SMILES string of the molecule is COc1ccccc1N1CC[NH+](Cc2nc(N)nc(Nc3ccccc3)n2)CC1. The number of nitrogen functional groups attached to an aromatic ring is 1. The van der Waals surface area contributed by atoms with Crippen LogP contribution in [0.25, 0.3) is 0 Å². The van der Waals surface area contributed by atoms with Crippen LogP contribution in [0.2, 0.25) is 0 Å². The van der Waals surface area contributed by atoms with E-state index in [0.29, 0.717) is 11.8 Å².